The van der Waals surface area contributed by atoms with E-state index in [9.17, 15) is 4.79 Å². The fourth-order valence-electron chi connectivity index (χ4n) is 3.00. The first-order chi connectivity index (χ1) is 13.6. The SMILES string of the molecule is C[C@H]1CCN(C(=O)CSc2n[nH]c(-c3ccc(Cl)cc3)n2)c2ccccc2S1. The van der Waals surface area contributed by atoms with Crippen molar-refractivity contribution in [3.05, 3.63) is 53.6 Å². The summed E-state index contributed by atoms with van der Waals surface area (Å²) in [7, 11) is 0. The quantitative estimate of drug-likeness (QED) is 0.581. The molecule has 0 aliphatic carbocycles. The third-order valence-electron chi connectivity index (χ3n) is 4.45. The summed E-state index contributed by atoms with van der Waals surface area (Å²) >= 11 is 9.10. The number of amides is 1. The van der Waals surface area contributed by atoms with E-state index < -0.39 is 0 Å². The maximum atomic E-state index is 12.9. The Bertz CT molecular complexity index is 976. The zero-order valence-electron chi connectivity index (χ0n) is 15.3. The molecule has 1 amide bonds. The Morgan fingerprint density at radius 2 is 2.07 bits per heavy atom. The first-order valence-corrected chi connectivity index (χ1v) is 11.2. The normalized spacial score (nSPS) is 16.5. The lowest BCUT2D eigenvalue weighted by Gasteiger charge is -2.22. The van der Waals surface area contributed by atoms with Gasteiger partial charge in [0.15, 0.2) is 5.82 Å². The summed E-state index contributed by atoms with van der Waals surface area (Å²) in [6.45, 7) is 2.94. The van der Waals surface area contributed by atoms with Gasteiger partial charge in [0.25, 0.3) is 0 Å². The minimum Gasteiger partial charge on any atom is -0.311 e. The molecule has 1 aliphatic rings. The molecule has 0 saturated heterocycles. The molecule has 2 heterocycles. The van der Waals surface area contributed by atoms with Gasteiger partial charge in [-0.2, -0.15) is 0 Å². The largest absolute Gasteiger partial charge is 0.311 e. The lowest BCUT2D eigenvalue weighted by atomic mass is 10.2. The highest BCUT2D eigenvalue weighted by atomic mass is 35.5. The third-order valence-corrected chi connectivity index (χ3v) is 6.77. The fourth-order valence-corrected chi connectivity index (χ4v) is 4.91. The number of H-pyrrole nitrogens is 1. The number of carbonyl (C=O) groups is 1. The van der Waals surface area contributed by atoms with E-state index in [0.717, 1.165) is 29.1 Å². The summed E-state index contributed by atoms with van der Waals surface area (Å²) in [6.07, 6.45) is 0.969. The standard InChI is InChI=1S/C20H19ClN4OS2/c1-13-10-11-25(16-4-2-3-5-17(16)28-13)18(26)12-27-20-22-19(23-24-20)14-6-8-15(21)9-7-14/h2-9,13H,10-12H2,1H3,(H,22,23,24)/t13-/m0/s1. The average molecular weight is 431 g/mol. The predicted octanol–water partition coefficient (Wildman–Crippen LogP) is 5.13. The summed E-state index contributed by atoms with van der Waals surface area (Å²) in [5.74, 6) is 1.03. The zero-order chi connectivity index (χ0) is 19.5. The summed E-state index contributed by atoms with van der Waals surface area (Å²) in [5.41, 5.74) is 1.90. The van der Waals surface area contributed by atoms with Crippen LogP contribution in [0.4, 0.5) is 5.69 Å². The molecule has 1 aliphatic heterocycles. The fraction of sp³-hybridized carbons (Fsp3) is 0.250. The molecule has 0 radical (unpaired) electrons. The van der Waals surface area contributed by atoms with Crippen LogP contribution in [0.5, 0.6) is 0 Å². The molecular weight excluding hydrogens is 412 g/mol. The number of aromatic amines is 1. The number of para-hydroxylation sites is 1. The van der Waals surface area contributed by atoms with E-state index in [-0.39, 0.29) is 5.91 Å². The van der Waals surface area contributed by atoms with Gasteiger partial charge in [-0.15, -0.1) is 16.9 Å². The minimum absolute atomic E-state index is 0.0741. The van der Waals surface area contributed by atoms with Crippen LogP contribution in [0.2, 0.25) is 5.02 Å². The van der Waals surface area contributed by atoms with Crippen LogP contribution in [-0.4, -0.2) is 38.6 Å². The lowest BCUT2D eigenvalue weighted by molar-refractivity contribution is -0.116. The number of rotatable bonds is 4. The Labute approximate surface area is 177 Å². The Balaban J connectivity index is 1.44. The number of carbonyl (C=O) groups excluding carboxylic acids is 1. The van der Waals surface area contributed by atoms with Crippen molar-refractivity contribution in [3.8, 4) is 11.4 Å². The summed E-state index contributed by atoms with van der Waals surface area (Å²) < 4.78 is 0. The average Bonchev–Trinajstić information content (AvgIpc) is 3.10. The van der Waals surface area contributed by atoms with Crippen molar-refractivity contribution in [2.24, 2.45) is 0 Å². The van der Waals surface area contributed by atoms with Crippen molar-refractivity contribution < 1.29 is 4.79 Å². The van der Waals surface area contributed by atoms with Gasteiger partial charge >= 0.3 is 0 Å². The van der Waals surface area contributed by atoms with Gasteiger partial charge in [-0.05, 0) is 42.8 Å². The Kier molecular flexibility index (Phi) is 5.94. The Morgan fingerprint density at radius 3 is 2.89 bits per heavy atom. The van der Waals surface area contributed by atoms with Gasteiger partial charge in [0.05, 0.1) is 11.4 Å². The Morgan fingerprint density at radius 1 is 1.29 bits per heavy atom. The van der Waals surface area contributed by atoms with E-state index in [1.807, 2.05) is 59.1 Å². The molecule has 8 heteroatoms. The second kappa shape index (κ2) is 8.59. The van der Waals surface area contributed by atoms with E-state index in [0.29, 0.717) is 27.0 Å². The lowest BCUT2D eigenvalue weighted by Crippen LogP contribution is -2.33. The van der Waals surface area contributed by atoms with Gasteiger partial charge in [0.2, 0.25) is 11.1 Å². The molecule has 0 bridgehead atoms. The molecule has 1 N–H and O–H groups in total. The van der Waals surface area contributed by atoms with E-state index in [1.165, 1.54) is 11.8 Å². The second-order valence-corrected chi connectivity index (χ2v) is 9.35. The number of hydrogen-bond acceptors (Lipinski definition) is 5. The van der Waals surface area contributed by atoms with Crippen molar-refractivity contribution >= 4 is 46.7 Å². The Hall–Kier alpha value is -1.96. The van der Waals surface area contributed by atoms with Crippen LogP contribution >= 0.6 is 35.1 Å². The van der Waals surface area contributed by atoms with Gasteiger partial charge < -0.3 is 4.90 Å². The van der Waals surface area contributed by atoms with Crippen LogP contribution in [0.3, 0.4) is 0 Å². The number of fused-ring (bicyclic) bond motifs is 1. The van der Waals surface area contributed by atoms with Crippen LogP contribution in [0.25, 0.3) is 11.4 Å². The summed E-state index contributed by atoms with van der Waals surface area (Å²) in [4.78, 5) is 20.5. The van der Waals surface area contributed by atoms with E-state index in [4.69, 9.17) is 11.6 Å². The number of anilines is 1. The van der Waals surface area contributed by atoms with Crippen LogP contribution in [-0.2, 0) is 4.79 Å². The number of thioether (sulfide) groups is 2. The monoisotopic (exact) mass is 430 g/mol. The smallest absolute Gasteiger partial charge is 0.237 e. The highest BCUT2D eigenvalue weighted by Crippen LogP contribution is 2.37. The molecule has 0 spiro atoms. The van der Waals surface area contributed by atoms with Crippen LogP contribution < -0.4 is 4.90 Å². The number of nitrogens with zero attached hydrogens (tertiary/aromatic N) is 3. The maximum Gasteiger partial charge on any atom is 0.237 e. The number of benzene rings is 2. The molecule has 3 aromatic rings. The molecule has 28 heavy (non-hydrogen) atoms. The maximum absolute atomic E-state index is 12.9. The van der Waals surface area contributed by atoms with Gasteiger partial charge in [-0.25, -0.2) is 4.98 Å². The second-order valence-electron chi connectivity index (χ2n) is 6.49. The topological polar surface area (TPSA) is 61.9 Å². The van der Waals surface area contributed by atoms with Crippen LogP contribution in [0.15, 0.2) is 58.6 Å². The number of aromatic nitrogens is 3. The molecule has 144 valence electrons. The molecule has 1 atom stereocenters. The van der Waals surface area contributed by atoms with E-state index >= 15 is 0 Å². The molecule has 1 aromatic heterocycles. The van der Waals surface area contributed by atoms with Crippen molar-refractivity contribution in [2.45, 2.75) is 28.6 Å². The summed E-state index contributed by atoms with van der Waals surface area (Å²) in [5, 5.41) is 8.87. The molecule has 0 fully saturated rings. The van der Waals surface area contributed by atoms with Gasteiger partial charge in [-0.1, -0.05) is 42.4 Å². The molecule has 0 saturated carbocycles. The molecular formula is C20H19ClN4OS2. The summed E-state index contributed by atoms with van der Waals surface area (Å²) in [6, 6.07) is 15.5. The molecule has 5 nitrogen and oxygen atoms in total. The van der Waals surface area contributed by atoms with E-state index in [1.54, 1.807) is 0 Å². The van der Waals surface area contributed by atoms with Crippen molar-refractivity contribution in [2.75, 3.05) is 17.2 Å². The van der Waals surface area contributed by atoms with Gasteiger partial charge in [0.1, 0.15) is 0 Å². The third kappa shape index (κ3) is 4.37. The van der Waals surface area contributed by atoms with Gasteiger partial charge in [-0.3, -0.25) is 9.89 Å². The van der Waals surface area contributed by atoms with Crippen molar-refractivity contribution in [3.63, 3.8) is 0 Å². The highest BCUT2D eigenvalue weighted by Gasteiger charge is 2.24. The minimum atomic E-state index is 0.0741. The molecule has 2 aromatic carbocycles. The van der Waals surface area contributed by atoms with Gasteiger partial charge in [0, 0.05) is 27.3 Å². The number of nitrogens with one attached hydrogen (secondary N) is 1. The van der Waals surface area contributed by atoms with Crippen molar-refractivity contribution in [1.82, 2.24) is 15.2 Å². The number of halogens is 1. The predicted molar refractivity (Wildman–Crippen MR) is 116 cm³/mol. The van der Waals surface area contributed by atoms with Crippen LogP contribution in [0.1, 0.15) is 13.3 Å². The molecule has 4 rings (SSSR count). The first-order valence-electron chi connectivity index (χ1n) is 8.97. The molecule has 0 unspecified atom stereocenters. The van der Waals surface area contributed by atoms with Crippen LogP contribution in [0, 0.1) is 0 Å². The highest BCUT2D eigenvalue weighted by molar-refractivity contribution is 8.00. The van der Waals surface area contributed by atoms with Crippen molar-refractivity contribution in [1.29, 1.82) is 0 Å². The van der Waals surface area contributed by atoms with E-state index in [2.05, 4.69) is 28.2 Å². The number of hydrogen-bond donors (Lipinski definition) is 1. The zero-order valence-corrected chi connectivity index (χ0v) is 17.7. The first kappa shape index (κ1) is 19.4.